The molecule has 0 spiro atoms. The van der Waals surface area contributed by atoms with E-state index in [1.807, 2.05) is 66.2 Å². The molecule has 3 rings (SSSR count). The van der Waals surface area contributed by atoms with Gasteiger partial charge < -0.3 is 14.8 Å². The summed E-state index contributed by atoms with van der Waals surface area (Å²) in [6.45, 7) is 1.94. The van der Waals surface area contributed by atoms with Gasteiger partial charge in [-0.3, -0.25) is 9.36 Å². The van der Waals surface area contributed by atoms with Crippen LogP contribution in [0, 0.1) is 0 Å². The number of nitrogens with zero attached hydrogens (tertiary/aromatic N) is 2. The first-order valence-corrected chi connectivity index (χ1v) is 9.83. The summed E-state index contributed by atoms with van der Waals surface area (Å²) in [5.74, 6) is 1.73. The van der Waals surface area contributed by atoms with Crippen LogP contribution in [0.4, 0.5) is 0 Å². The minimum absolute atomic E-state index is 0.0661. The highest BCUT2D eigenvalue weighted by molar-refractivity contribution is 7.99. The van der Waals surface area contributed by atoms with E-state index in [2.05, 4.69) is 10.3 Å². The minimum Gasteiger partial charge on any atom is -0.497 e. The van der Waals surface area contributed by atoms with Crippen molar-refractivity contribution in [2.45, 2.75) is 18.1 Å². The first-order valence-electron chi connectivity index (χ1n) is 8.85. The summed E-state index contributed by atoms with van der Waals surface area (Å²) >= 11 is 1.38. The lowest BCUT2D eigenvalue weighted by Crippen LogP contribution is -2.28. The largest absolute Gasteiger partial charge is 0.497 e. The molecule has 1 unspecified atom stereocenters. The zero-order valence-corrected chi connectivity index (χ0v) is 16.9. The molecule has 6 nitrogen and oxygen atoms in total. The highest BCUT2D eigenvalue weighted by Gasteiger charge is 2.15. The van der Waals surface area contributed by atoms with Crippen molar-refractivity contribution < 1.29 is 14.3 Å². The number of ether oxygens (including phenoxy) is 2. The molecule has 1 aromatic heterocycles. The van der Waals surface area contributed by atoms with Crippen LogP contribution in [-0.4, -0.2) is 35.4 Å². The van der Waals surface area contributed by atoms with Gasteiger partial charge in [0.1, 0.15) is 11.5 Å². The molecule has 1 amide bonds. The van der Waals surface area contributed by atoms with Crippen LogP contribution in [-0.2, 0) is 4.79 Å². The number of imidazole rings is 1. The number of methoxy groups -OCH3 is 2. The van der Waals surface area contributed by atoms with Crippen LogP contribution >= 0.6 is 11.8 Å². The van der Waals surface area contributed by atoms with Crippen molar-refractivity contribution in [2.24, 2.45) is 0 Å². The maximum absolute atomic E-state index is 12.4. The normalized spacial score (nSPS) is 11.7. The Kier molecular flexibility index (Phi) is 6.60. The molecule has 0 bridgehead atoms. The minimum atomic E-state index is -0.151. The maximum atomic E-state index is 12.4. The Morgan fingerprint density at radius 1 is 1.18 bits per heavy atom. The fourth-order valence-corrected chi connectivity index (χ4v) is 3.65. The topological polar surface area (TPSA) is 65.4 Å². The fraction of sp³-hybridized carbons (Fsp3) is 0.238. The van der Waals surface area contributed by atoms with Gasteiger partial charge in [0.25, 0.3) is 0 Å². The molecule has 1 N–H and O–H groups in total. The molecule has 28 heavy (non-hydrogen) atoms. The van der Waals surface area contributed by atoms with Gasteiger partial charge in [0.2, 0.25) is 5.91 Å². The molecule has 1 heterocycles. The highest BCUT2D eigenvalue weighted by atomic mass is 32.2. The van der Waals surface area contributed by atoms with Crippen LogP contribution in [0.2, 0.25) is 0 Å². The number of nitrogens with one attached hydrogen (secondary N) is 1. The molecule has 0 aliphatic rings. The van der Waals surface area contributed by atoms with Crippen molar-refractivity contribution in [3.05, 3.63) is 66.5 Å². The monoisotopic (exact) mass is 397 g/mol. The predicted molar refractivity (Wildman–Crippen MR) is 110 cm³/mol. The van der Waals surface area contributed by atoms with Gasteiger partial charge in [0, 0.05) is 24.0 Å². The molecule has 1 atom stereocenters. The van der Waals surface area contributed by atoms with E-state index in [0.29, 0.717) is 0 Å². The van der Waals surface area contributed by atoms with Crippen LogP contribution < -0.4 is 14.8 Å². The summed E-state index contributed by atoms with van der Waals surface area (Å²) < 4.78 is 12.6. The molecule has 3 aromatic rings. The summed E-state index contributed by atoms with van der Waals surface area (Å²) in [7, 11) is 3.26. The number of aromatic nitrogens is 2. The van der Waals surface area contributed by atoms with Crippen LogP contribution in [0.15, 0.2) is 66.1 Å². The Labute approximate surface area is 168 Å². The quantitative estimate of drug-likeness (QED) is 0.585. The zero-order valence-electron chi connectivity index (χ0n) is 16.1. The van der Waals surface area contributed by atoms with E-state index < -0.39 is 0 Å². The average Bonchev–Trinajstić information content (AvgIpc) is 3.21. The van der Waals surface area contributed by atoms with Gasteiger partial charge in [-0.25, -0.2) is 4.98 Å². The number of amides is 1. The van der Waals surface area contributed by atoms with Crippen LogP contribution in [0.1, 0.15) is 18.5 Å². The second-order valence-corrected chi connectivity index (χ2v) is 7.04. The van der Waals surface area contributed by atoms with Crippen molar-refractivity contribution in [1.82, 2.24) is 14.9 Å². The third-order valence-corrected chi connectivity index (χ3v) is 5.22. The molecule has 0 fully saturated rings. The summed E-state index contributed by atoms with van der Waals surface area (Å²) in [4.78, 5) is 16.8. The van der Waals surface area contributed by atoms with E-state index >= 15 is 0 Å². The van der Waals surface area contributed by atoms with Gasteiger partial charge in [-0.15, -0.1) is 0 Å². The summed E-state index contributed by atoms with van der Waals surface area (Å²) in [6.07, 6.45) is 3.59. The third-order valence-electron chi connectivity index (χ3n) is 4.25. The summed E-state index contributed by atoms with van der Waals surface area (Å²) in [6, 6.07) is 15.2. The number of hydrogen-bond donors (Lipinski definition) is 1. The fourth-order valence-electron chi connectivity index (χ4n) is 2.87. The molecule has 7 heteroatoms. The number of carbonyl (C=O) groups is 1. The van der Waals surface area contributed by atoms with E-state index in [-0.39, 0.29) is 17.7 Å². The third kappa shape index (κ3) is 4.67. The first-order chi connectivity index (χ1) is 13.6. The van der Waals surface area contributed by atoms with Gasteiger partial charge >= 0.3 is 0 Å². The lowest BCUT2D eigenvalue weighted by molar-refractivity contribution is -0.119. The second-order valence-electron chi connectivity index (χ2n) is 6.10. The van der Waals surface area contributed by atoms with Gasteiger partial charge in [0.15, 0.2) is 5.16 Å². The highest BCUT2D eigenvalue weighted by Crippen LogP contribution is 2.25. The molecule has 0 saturated carbocycles. The number of carbonyl (C=O) groups excluding carboxylic acids is 1. The van der Waals surface area contributed by atoms with E-state index in [4.69, 9.17) is 9.47 Å². The van der Waals surface area contributed by atoms with Crippen molar-refractivity contribution in [3.63, 3.8) is 0 Å². The molecule has 0 radical (unpaired) electrons. The number of hydrogen-bond acceptors (Lipinski definition) is 5. The van der Waals surface area contributed by atoms with Gasteiger partial charge in [-0.05, 0) is 25.1 Å². The molecule has 146 valence electrons. The Bertz CT molecular complexity index is 942. The van der Waals surface area contributed by atoms with Crippen LogP contribution in [0.3, 0.4) is 0 Å². The van der Waals surface area contributed by atoms with Gasteiger partial charge in [-0.1, -0.05) is 36.0 Å². The number of para-hydroxylation sites is 1. The predicted octanol–water partition coefficient (Wildman–Crippen LogP) is 3.86. The molecule has 2 aromatic carbocycles. The van der Waals surface area contributed by atoms with E-state index in [9.17, 15) is 4.79 Å². The van der Waals surface area contributed by atoms with Crippen LogP contribution in [0.5, 0.6) is 11.5 Å². The number of thioether (sulfide) groups is 1. The summed E-state index contributed by atoms with van der Waals surface area (Å²) in [5, 5.41) is 3.76. The van der Waals surface area contributed by atoms with Crippen molar-refractivity contribution in [2.75, 3.05) is 20.0 Å². The average molecular weight is 398 g/mol. The molecule has 0 saturated heterocycles. The molecular weight excluding hydrogens is 374 g/mol. The van der Waals surface area contributed by atoms with Crippen LogP contribution in [0.25, 0.3) is 5.69 Å². The Morgan fingerprint density at radius 2 is 2.00 bits per heavy atom. The first kappa shape index (κ1) is 19.8. The Morgan fingerprint density at radius 3 is 2.79 bits per heavy atom. The van der Waals surface area contributed by atoms with E-state index in [0.717, 1.165) is 27.9 Å². The van der Waals surface area contributed by atoms with Gasteiger partial charge in [-0.2, -0.15) is 0 Å². The van der Waals surface area contributed by atoms with E-state index in [1.54, 1.807) is 20.4 Å². The van der Waals surface area contributed by atoms with Crippen molar-refractivity contribution in [1.29, 1.82) is 0 Å². The number of rotatable bonds is 8. The van der Waals surface area contributed by atoms with Crippen molar-refractivity contribution >= 4 is 17.7 Å². The Hall–Kier alpha value is -2.93. The molecule has 0 aliphatic carbocycles. The van der Waals surface area contributed by atoms with Crippen molar-refractivity contribution in [3.8, 4) is 17.2 Å². The SMILES string of the molecule is COc1cccc(-n2ccnc2SCC(=O)NC(C)c2ccccc2OC)c1. The number of benzene rings is 2. The standard InChI is InChI=1S/C21H23N3O3S/c1-15(18-9-4-5-10-19(18)27-3)23-20(25)14-28-21-22-11-12-24(21)16-7-6-8-17(13-16)26-2/h4-13,15H,14H2,1-3H3,(H,23,25). The molecule has 0 aliphatic heterocycles. The lowest BCUT2D eigenvalue weighted by atomic mass is 10.1. The van der Waals surface area contributed by atoms with Gasteiger partial charge in [0.05, 0.1) is 31.7 Å². The smallest absolute Gasteiger partial charge is 0.230 e. The van der Waals surface area contributed by atoms with E-state index in [1.165, 1.54) is 11.8 Å². The maximum Gasteiger partial charge on any atom is 0.230 e. The molecular formula is C21H23N3O3S. The zero-order chi connectivity index (χ0) is 19.9. The lowest BCUT2D eigenvalue weighted by Gasteiger charge is -2.17. The summed E-state index contributed by atoms with van der Waals surface area (Å²) in [5.41, 5.74) is 1.88. The Balaban J connectivity index is 1.63. The second kappa shape index (κ2) is 9.32.